The fourth-order valence-electron chi connectivity index (χ4n) is 7.54. The number of carbonyl (C=O) groups is 2. The second-order valence-electron chi connectivity index (χ2n) is 17.8. The zero-order chi connectivity index (χ0) is 46.2. The number of nitrogens with one attached hydrogen (secondary N) is 2. The van der Waals surface area contributed by atoms with E-state index in [9.17, 15) is 19.2 Å². The van der Waals surface area contributed by atoms with E-state index in [0.29, 0.717) is 37.5 Å². The predicted octanol–water partition coefficient (Wildman–Crippen LogP) is 12.8. The molecule has 10 heteroatoms. The molecule has 0 radical (unpaired) electrons. The summed E-state index contributed by atoms with van der Waals surface area (Å²) in [5, 5.41) is 6.35. The molecular weight excluding hydrogens is 777 g/mol. The highest BCUT2D eigenvalue weighted by Crippen LogP contribution is 2.16. The molecule has 0 spiro atoms. The SMILES string of the molecule is CCCCCCCC(CCCCCC)OC=O.CCCCCCCCCOC=O.CCCCCCCCN(CCCCCCCC)CCCNc1c(NCCN(C)C)c(=O)c1=O. The molecular formula is C52H102N4O6. The van der Waals surface area contributed by atoms with Crippen molar-refractivity contribution in [2.45, 2.75) is 240 Å². The Morgan fingerprint density at radius 2 is 0.823 bits per heavy atom. The Bertz CT molecular complexity index is 1130. The van der Waals surface area contributed by atoms with E-state index in [0.717, 1.165) is 45.3 Å². The molecule has 10 nitrogen and oxygen atoms in total. The molecule has 0 aromatic heterocycles. The maximum Gasteiger partial charge on any atom is 0.293 e. The molecule has 0 saturated carbocycles. The minimum Gasteiger partial charge on any atom is -0.468 e. The minimum atomic E-state index is -0.385. The first kappa shape index (κ1) is 61.6. The van der Waals surface area contributed by atoms with E-state index in [-0.39, 0.29) is 17.0 Å². The van der Waals surface area contributed by atoms with Crippen molar-refractivity contribution >= 4 is 24.3 Å². The number of hydrogen-bond acceptors (Lipinski definition) is 10. The van der Waals surface area contributed by atoms with Crippen LogP contribution in [0.5, 0.6) is 0 Å². The van der Waals surface area contributed by atoms with Crippen molar-refractivity contribution in [3.05, 3.63) is 20.4 Å². The van der Waals surface area contributed by atoms with Crippen LogP contribution in [0, 0.1) is 0 Å². The van der Waals surface area contributed by atoms with Crippen LogP contribution in [0.25, 0.3) is 0 Å². The van der Waals surface area contributed by atoms with Crippen LogP contribution in [0.2, 0.25) is 0 Å². The number of hydrogen-bond donors (Lipinski definition) is 2. The topological polar surface area (TPSA) is 117 Å². The standard InChI is InChI=1S/C27H52N4O2.C15H30O2.C10H20O2/c1-5-7-9-11-13-15-20-31(21-16-14-12-10-8-6-2)22-17-18-28-24-25(27(33)26(24)32)29-19-23-30(3)4;1-3-5-7-9-11-13-15(17-14-16)12-10-8-6-4-2;1-2-3-4-5-6-7-8-9-12-10-11/h28-29H,5-23H2,1-4H3;14-15H,3-13H2,1-2H3;10H,2-9H2,1H3. The van der Waals surface area contributed by atoms with E-state index in [1.54, 1.807) is 0 Å². The van der Waals surface area contributed by atoms with Crippen molar-refractivity contribution in [3.8, 4) is 0 Å². The Kier molecular flexibility index (Phi) is 49.3. The third-order valence-electron chi connectivity index (χ3n) is 11.6. The van der Waals surface area contributed by atoms with E-state index in [4.69, 9.17) is 4.74 Å². The fourth-order valence-corrected chi connectivity index (χ4v) is 7.54. The second kappa shape index (κ2) is 49.6. The zero-order valence-corrected chi connectivity index (χ0v) is 41.9. The fraction of sp³-hybridized carbons (Fsp3) is 0.885. The van der Waals surface area contributed by atoms with E-state index in [1.165, 1.54) is 186 Å². The minimum absolute atomic E-state index is 0.172. The third kappa shape index (κ3) is 40.3. The van der Waals surface area contributed by atoms with Gasteiger partial charge in [0.1, 0.15) is 17.5 Å². The molecule has 2 N–H and O–H groups in total. The Balaban J connectivity index is 0. The molecule has 0 aliphatic carbocycles. The quantitative estimate of drug-likeness (QED) is 0.0372. The number of carbonyl (C=O) groups excluding carboxylic acids is 2. The first-order valence-electron chi connectivity index (χ1n) is 26.1. The van der Waals surface area contributed by atoms with Crippen molar-refractivity contribution < 1.29 is 19.1 Å². The lowest BCUT2D eigenvalue weighted by Crippen LogP contribution is -2.39. The normalized spacial score (nSPS) is 11.5. The van der Waals surface area contributed by atoms with Gasteiger partial charge in [-0.05, 0) is 85.1 Å². The molecule has 1 aromatic rings. The molecule has 1 aromatic carbocycles. The Morgan fingerprint density at radius 1 is 0.452 bits per heavy atom. The van der Waals surface area contributed by atoms with Crippen LogP contribution >= 0.6 is 0 Å². The van der Waals surface area contributed by atoms with Crippen LogP contribution in [0.3, 0.4) is 0 Å². The number of likely N-dealkylation sites (N-methyl/N-ethyl adjacent to an activating group) is 1. The maximum atomic E-state index is 12.0. The summed E-state index contributed by atoms with van der Waals surface area (Å²) >= 11 is 0. The van der Waals surface area contributed by atoms with E-state index in [1.807, 2.05) is 19.0 Å². The lowest BCUT2D eigenvalue weighted by molar-refractivity contribution is -0.134. The average molecular weight is 879 g/mol. The number of nitrogens with zero attached hydrogens (tertiary/aromatic N) is 2. The molecule has 0 aliphatic heterocycles. The summed E-state index contributed by atoms with van der Waals surface area (Å²) in [5.41, 5.74) is 0.192. The molecule has 62 heavy (non-hydrogen) atoms. The molecule has 366 valence electrons. The Hall–Kier alpha value is -2.46. The lowest BCUT2D eigenvalue weighted by atomic mass is 10.0. The average Bonchev–Trinajstić information content (AvgIpc) is 3.27. The van der Waals surface area contributed by atoms with Crippen molar-refractivity contribution in [1.29, 1.82) is 0 Å². The van der Waals surface area contributed by atoms with Crippen molar-refractivity contribution in [2.75, 3.05) is 70.6 Å². The maximum absolute atomic E-state index is 12.0. The third-order valence-corrected chi connectivity index (χ3v) is 11.6. The molecule has 0 saturated heterocycles. The highest BCUT2D eigenvalue weighted by atomic mass is 16.5. The lowest BCUT2D eigenvalue weighted by Gasteiger charge is -2.23. The number of ether oxygens (including phenoxy) is 2. The van der Waals surface area contributed by atoms with Gasteiger partial charge >= 0.3 is 0 Å². The van der Waals surface area contributed by atoms with Gasteiger partial charge in [-0.15, -0.1) is 0 Å². The van der Waals surface area contributed by atoms with E-state index < -0.39 is 0 Å². The van der Waals surface area contributed by atoms with Gasteiger partial charge in [0, 0.05) is 19.6 Å². The summed E-state index contributed by atoms with van der Waals surface area (Å²) in [6, 6.07) is 0. The molecule has 1 atom stereocenters. The summed E-state index contributed by atoms with van der Waals surface area (Å²) in [6.07, 6.45) is 39.5. The largest absolute Gasteiger partial charge is 0.468 e. The Labute approximate surface area is 382 Å². The van der Waals surface area contributed by atoms with Crippen LogP contribution in [0.1, 0.15) is 234 Å². The molecule has 1 rings (SSSR count). The Morgan fingerprint density at radius 3 is 1.24 bits per heavy atom. The molecule has 0 heterocycles. The predicted molar refractivity (Wildman–Crippen MR) is 268 cm³/mol. The van der Waals surface area contributed by atoms with E-state index >= 15 is 0 Å². The summed E-state index contributed by atoms with van der Waals surface area (Å²) in [7, 11) is 3.98. The monoisotopic (exact) mass is 879 g/mol. The van der Waals surface area contributed by atoms with Crippen LogP contribution in [-0.4, -0.2) is 88.8 Å². The van der Waals surface area contributed by atoms with Crippen molar-refractivity contribution in [3.63, 3.8) is 0 Å². The molecule has 0 fully saturated rings. The number of rotatable bonds is 45. The van der Waals surface area contributed by atoms with Crippen LogP contribution < -0.4 is 21.5 Å². The molecule has 0 aliphatic rings. The molecule has 0 amide bonds. The highest BCUT2D eigenvalue weighted by Gasteiger charge is 2.20. The van der Waals surface area contributed by atoms with Crippen LogP contribution in [-0.2, 0) is 19.1 Å². The van der Waals surface area contributed by atoms with Gasteiger partial charge in [0.2, 0.25) is 0 Å². The summed E-state index contributed by atoms with van der Waals surface area (Å²) in [5.74, 6) is 0. The molecule has 0 bridgehead atoms. The van der Waals surface area contributed by atoms with Gasteiger partial charge in [-0.2, -0.15) is 0 Å². The van der Waals surface area contributed by atoms with Gasteiger partial charge in [-0.1, -0.05) is 182 Å². The van der Waals surface area contributed by atoms with Gasteiger partial charge in [-0.25, -0.2) is 0 Å². The van der Waals surface area contributed by atoms with Gasteiger partial charge < -0.3 is 29.9 Å². The second-order valence-corrected chi connectivity index (χ2v) is 17.8. The van der Waals surface area contributed by atoms with Gasteiger partial charge in [0.05, 0.1) is 6.61 Å². The molecule has 1 unspecified atom stereocenters. The van der Waals surface area contributed by atoms with Crippen molar-refractivity contribution in [2.24, 2.45) is 0 Å². The summed E-state index contributed by atoms with van der Waals surface area (Å²) in [4.78, 5) is 48.7. The smallest absolute Gasteiger partial charge is 0.293 e. The van der Waals surface area contributed by atoms with E-state index in [2.05, 4.69) is 54.9 Å². The van der Waals surface area contributed by atoms with Gasteiger partial charge in [0.15, 0.2) is 0 Å². The zero-order valence-electron chi connectivity index (χ0n) is 41.9. The number of unbranched alkanes of at least 4 members (excludes halogenated alkanes) is 23. The summed E-state index contributed by atoms with van der Waals surface area (Å²) < 4.78 is 9.73. The highest BCUT2D eigenvalue weighted by molar-refractivity contribution is 5.73. The van der Waals surface area contributed by atoms with Gasteiger partial charge in [-0.3, -0.25) is 19.2 Å². The summed E-state index contributed by atoms with van der Waals surface area (Å²) in [6.45, 7) is 18.6. The van der Waals surface area contributed by atoms with Crippen LogP contribution in [0.4, 0.5) is 11.4 Å². The van der Waals surface area contributed by atoms with Crippen LogP contribution in [0.15, 0.2) is 9.59 Å². The number of anilines is 2. The van der Waals surface area contributed by atoms with Gasteiger partial charge in [0.25, 0.3) is 23.8 Å². The first-order valence-corrected chi connectivity index (χ1v) is 26.1. The first-order chi connectivity index (χ1) is 30.3. The van der Waals surface area contributed by atoms with Crippen molar-refractivity contribution in [1.82, 2.24) is 9.80 Å².